The third-order valence-electron chi connectivity index (χ3n) is 2.42. The van der Waals surface area contributed by atoms with Gasteiger partial charge in [0.25, 0.3) is 10.1 Å². The van der Waals surface area contributed by atoms with E-state index in [9.17, 15) is 13.2 Å². The summed E-state index contributed by atoms with van der Waals surface area (Å²) >= 11 is 0. The van der Waals surface area contributed by atoms with E-state index >= 15 is 0 Å². The normalized spacial score (nSPS) is 15.9. The average Bonchev–Trinajstić information content (AvgIpc) is 2.10. The van der Waals surface area contributed by atoms with Crippen molar-refractivity contribution in [2.75, 3.05) is 19.8 Å². The van der Waals surface area contributed by atoms with E-state index in [0.717, 1.165) is 0 Å². The van der Waals surface area contributed by atoms with E-state index in [4.69, 9.17) is 9.66 Å². The molecule has 6 nitrogen and oxygen atoms in total. The number of hydrogen-bond donors (Lipinski definition) is 2. The minimum Gasteiger partial charge on any atom is -0.478 e. The number of rotatable bonds is 5. The third-order valence-corrected chi connectivity index (χ3v) is 3.10. The van der Waals surface area contributed by atoms with E-state index in [1.54, 1.807) is 25.9 Å². The van der Waals surface area contributed by atoms with Crippen molar-refractivity contribution in [1.82, 2.24) is 4.90 Å². The second-order valence-corrected chi connectivity index (χ2v) is 5.27. The molecule has 0 fully saturated rings. The predicted molar refractivity (Wildman–Crippen MR) is 59.9 cm³/mol. The van der Waals surface area contributed by atoms with Gasteiger partial charge in [0, 0.05) is 11.6 Å². The molecule has 1 unspecified atom stereocenters. The van der Waals surface area contributed by atoms with E-state index < -0.39 is 21.8 Å². The molecule has 0 saturated carbocycles. The van der Waals surface area contributed by atoms with Gasteiger partial charge in [-0.2, -0.15) is 8.42 Å². The SMILES string of the molecule is C/C(C(=O)O)=C(\CS(=O)(=O)O)C(C)N(C)C. The summed E-state index contributed by atoms with van der Waals surface area (Å²) in [5, 5.41) is 8.83. The maximum Gasteiger partial charge on any atom is 0.331 e. The number of carboxylic acids is 1. The van der Waals surface area contributed by atoms with Crippen molar-refractivity contribution in [2.24, 2.45) is 0 Å². The number of carboxylic acid groups (broad SMARTS) is 1. The minimum atomic E-state index is -4.23. The lowest BCUT2D eigenvalue weighted by Crippen LogP contribution is -2.31. The maximum absolute atomic E-state index is 10.8. The Morgan fingerprint density at radius 1 is 1.38 bits per heavy atom. The van der Waals surface area contributed by atoms with Gasteiger partial charge in [-0.05, 0) is 33.5 Å². The lowest BCUT2D eigenvalue weighted by atomic mass is 10.0. The summed E-state index contributed by atoms with van der Waals surface area (Å²) in [6, 6.07) is -0.377. The van der Waals surface area contributed by atoms with Gasteiger partial charge in [-0.25, -0.2) is 4.79 Å². The van der Waals surface area contributed by atoms with E-state index in [-0.39, 0.29) is 17.2 Å². The Labute approximate surface area is 95.3 Å². The highest BCUT2D eigenvalue weighted by Gasteiger charge is 2.22. The molecule has 0 aliphatic rings. The van der Waals surface area contributed by atoms with Crippen LogP contribution in [0.5, 0.6) is 0 Å². The first-order chi connectivity index (χ1) is 7.06. The molecule has 0 radical (unpaired) electrons. The van der Waals surface area contributed by atoms with Crippen LogP contribution in [-0.2, 0) is 14.9 Å². The molecule has 0 aromatic carbocycles. The van der Waals surface area contributed by atoms with Gasteiger partial charge < -0.3 is 10.0 Å². The third kappa shape index (κ3) is 4.73. The molecule has 0 bridgehead atoms. The van der Waals surface area contributed by atoms with Crippen molar-refractivity contribution in [2.45, 2.75) is 19.9 Å². The topological polar surface area (TPSA) is 94.9 Å². The highest BCUT2D eigenvalue weighted by atomic mass is 32.2. The van der Waals surface area contributed by atoms with Crippen molar-refractivity contribution in [1.29, 1.82) is 0 Å². The number of aliphatic carboxylic acids is 1. The van der Waals surface area contributed by atoms with Gasteiger partial charge in [0.1, 0.15) is 0 Å². The van der Waals surface area contributed by atoms with Gasteiger partial charge in [-0.3, -0.25) is 4.55 Å². The molecule has 0 aromatic rings. The summed E-state index contributed by atoms with van der Waals surface area (Å²) in [6.45, 7) is 3.00. The molecule has 0 spiro atoms. The fraction of sp³-hybridized carbons (Fsp3) is 0.667. The van der Waals surface area contributed by atoms with Crippen LogP contribution in [0.15, 0.2) is 11.1 Å². The molecule has 0 heterocycles. The summed E-state index contributed by atoms with van der Waals surface area (Å²) in [7, 11) is -0.832. The Bertz CT molecular complexity index is 396. The molecular formula is C9H17NO5S. The zero-order valence-corrected chi connectivity index (χ0v) is 10.6. The van der Waals surface area contributed by atoms with Gasteiger partial charge >= 0.3 is 5.97 Å². The molecule has 94 valence electrons. The molecule has 0 saturated heterocycles. The van der Waals surface area contributed by atoms with Crippen LogP contribution in [0.1, 0.15) is 13.8 Å². The lowest BCUT2D eigenvalue weighted by molar-refractivity contribution is -0.132. The molecule has 7 heteroatoms. The molecule has 0 aliphatic carbocycles. The van der Waals surface area contributed by atoms with Crippen LogP contribution in [0.4, 0.5) is 0 Å². The van der Waals surface area contributed by atoms with E-state index in [1.807, 2.05) is 0 Å². The Morgan fingerprint density at radius 2 is 1.81 bits per heavy atom. The van der Waals surface area contributed by atoms with Crippen LogP contribution in [-0.4, -0.2) is 54.8 Å². The average molecular weight is 251 g/mol. The second kappa shape index (κ2) is 5.42. The number of carbonyl (C=O) groups is 1. The molecule has 0 rings (SSSR count). The molecule has 2 N–H and O–H groups in total. The molecule has 0 amide bonds. The van der Waals surface area contributed by atoms with Crippen LogP contribution in [0.2, 0.25) is 0 Å². The van der Waals surface area contributed by atoms with Crippen molar-refractivity contribution in [3.05, 3.63) is 11.1 Å². The van der Waals surface area contributed by atoms with Gasteiger partial charge in [0.05, 0.1) is 5.75 Å². The maximum atomic E-state index is 10.8. The second-order valence-electron chi connectivity index (χ2n) is 3.82. The summed E-state index contributed by atoms with van der Waals surface area (Å²) < 4.78 is 30.4. The fourth-order valence-corrected chi connectivity index (χ4v) is 2.04. The van der Waals surface area contributed by atoms with Gasteiger partial charge in [-0.1, -0.05) is 0 Å². The monoisotopic (exact) mass is 251 g/mol. The number of hydrogen-bond acceptors (Lipinski definition) is 4. The molecule has 0 aliphatic heterocycles. The minimum absolute atomic E-state index is 0.0566. The van der Waals surface area contributed by atoms with E-state index in [0.29, 0.717) is 0 Å². The van der Waals surface area contributed by atoms with Crippen LogP contribution in [0.3, 0.4) is 0 Å². The van der Waals surface area contributed by atoms with E-state index in [1.165, 1.54) is 6.92 Å². The zero-order chi connectivity index (χ0) is 13.1. The Hall–Kier alpha value is -0.920. The quantitative estimate of drug-likeness (QED) is 0.536. The first-order valence-corrected chi connectivity index (χ1v) is 6.21. The number of nitrogens with zero attached hydrogens (tertiary/aromatic N) is 1. The van der Waals surface area contributed by atoms with Crippen LogP contribution in [0.25, 0.3) is 0 Å². The van der Waals surface area contributed by atoms with Gasteiger partial charge in [0.2, 0.25) is 0 Å². The fourth-order valence-electron chi connectivity index (χ4n) is 1.19. The first kappa shape index (κ1) is 15.1. The largest absolute Gasteiger partial charge is 0.478 e. The molecule has 1 atom stereocenters. The number of likely N-dealkylation sites (N-methyl/N-ethyl adjacent to an activating group) is 1. The molecule has 0 aromatic heterocycles. The summed E-state index contributed by atoms with van der Waals surface area (Å²) in [4.78, 5) is 12.5. The zero-order valence-electron chi connectivity index (χ0n) is 9.76. The standard InChI is InChI=1S/C9H17NO5S/c1-6(9(11)12)8(5-16(13,14)15)7(2)10(3)4/h7H,5H2,1-4H3,(H,11,12)(H,13,14,15)/b8-6-. The summed E-state index contributed by atoms with van der Waals surface area (Å²) in [5.74, 6) is -1.85. The molecule has 16 heavy (non-hydrogen) atoms. The van der Waals surface area contributed by atoms with Crippen molar-refractivity contribution >= 4 is 16.1 Å². The van der Waals surface area contributed by atoms with Crippen molar-refractivity contribution in [3.8, 4) is 0 Å². The van der Waals surface area contributed by atoms with Gasteiger partial charge in [-0.15, -0.1) is 0 Å². The Balaban J connectivity index is 5.40. The van der Waals surface area contributed by atoms with E-state index in [2.05, 4.69) is 0 Å². The Morgan fingerprint density at radius 3 is 2.06 bits per heavy atom. The van der Waals surface area contributed by atoms with Crippen LogP contribution >= 0.6 is 0 Å². The lowest BCUT2D eigenvalue weighted by Gasteiger charge is -2.23. The summed E-state index contributed by atoms with van der Waals surface area (Å²) in [6.07, 6.45) is 0. The molecular weight excluding hydrogens is 234 g/mol. The highest BCUT2D eigenvalue weighted by molar-refractivity contribution is 7.86. The van der Waals surface area contributed by atoms with Crippen molar-refractivity contribution < 1.29 is 22.9 Å². The van der Waals surface area contributed by atoms with Gasteiger partial charge in [0.15, 0.2) is 0 Å². The smallest absolute Gasteiger partial charge is 0.331 e. The van der Waals surface area contributed by atoms with Crippen molar-refractivity contribution in [3.63, 3.8) is 0 Å². The Kier molecular flexibility index (Phi) is 5.11. The van der Waals surface area contributed by atoms with Crippen LogP contribution in [0, 0.1) is 0 Å². The summed E-state index contributed by atoms with van der Waals surface area (Å²) in [5.41, 5.74) is 0.124. The van der Waals surface area contributed by atoms with Crippen LogP contribution < -0.4 is 0 Å². The highest BCUT2D eigenvalue weighted by Crippen LogP contribution is 2.15. The predicted octanol–water partition coefficient (Wildman–Crippen LogP) is 0.225. The first-order valence-electron chi connectivity index (χ1n) is 4.60.